The van der Waals surface area contributed by atoms with E-state index in [0.717, 1.165) is 54.8 Å². The SMILES string of the molecule is C=C/C=C\C(=C)C(=C)/C(C)=C\C(=C)CN1CCC(C)(CC#N)CC1.CC. The molecule has 2 nitrogen and oxygen atoms in total. The highest BCUT2D eigenvalue weighted by Crippen LogP contribution is 2.34. The first-order valence-electron chi connectivity index (χ1n) is 9.44. The van der Waals surface area contributed by atoms with E-state index in [1.165, 1.54) is 0 Å². The molecule has 0 amide bonds. The minimum absolute atomic E-state index is 0.182. The molecule has 0 aromatic rings. The normalized spacial score (nSPS) is 17.0. The van der Waals surface area contributed by atoms with Crippen molar-refractivity contribution >= 4 is 0 Å². The van der Waals surface area contributed by atoms with E-state index in [-0.39, 0.29) is 5.41 Å². The lowest BCUT2D eigenvalue weighted by Crippen LogP contribution is -2.39. The van der Waals surface area contributed by atoms with E-state index in [2.05, 4.69) is 50.3 Å². The Kier molecular flexibility index (Phi) is 11.3. The molecule has 1 aliphatic rings. The van der Waals surface area contributed by atoms with Gasteiger partial charge in [0.15, 0.2) is 0 Å². The van der Waals surface area contributed by atoms with E-state index in [4.69, 9.17) is 5.26 Å². The number of rotatable bonds is 8. The average Bonchev–Trinajstić information content (AvgIpc) is 2.62. The highest BCUT2D eigenvalue weighted by molar-refractivity contribution is 5.50. The number of hydrogen-bond donors (Lipinski definition) is 0. The molecule has 1 rings (SSSR count). The van der Waals surface area contributed by atoms with Gasteiger partial charge in [-0.05, 0) is 60.6 Å². The Labute approximate surface area is 161 Å². The summed E-state index contributed by atoms with van der Waals surface area (Å²) in [7, 11) is 0. The molecule has 1 aliphatic heterocycles. The third kappa shape index (κ3) is 8.32. The lowest BCUT2D eigenvalue weighted by Gasteiger charge is -2.38. The molecule has 2 heteroatoms. The van der Waals surface area contributed by atoms with Gasteiger partial charge in [-0.3, -0.25) is 4.90 Å². The second-order valence-electron chi connectivity index (χ2n) is 7.01. The fourth-order valence-electron chi connectivity index (χ4n) is 2.88. The van der Waals surface area contributed by atoms with E-state index in [1.54, 1.807) is 6.08 Å². The molecule has 1 saturated heterocycles. The highest BCUT2D eigenvalue weighted by atomic mass is 15.1. The number of hydrogen-bond acceptors (Lipinski definition) is 2. The van der Waals surface area contributed by atoms with Gasteiger partial charge in [-0.1, -0.05) is 71.4 Å². The maximum absolute atomic E-state index is 8.93. The molecule has 26 heavy (non-hydrogen) atoms. The summed E-state index contributed by atoms with van der Waals surface area (Å²) < 4.78 is 0. The zero-order valence-electron chi connectivity index (χ0n) is 17.3. The zero-order chi connectivity index (χ0) is 20.2. The fourth-order valence-corrected chi connectivity index (χ4v) is 2.88. The van der Waals surface area contributed by atoms with Crippen molar-refractivity contribution in [1.29, 1.82) is 5.26 Å². The smallest absolute Gasteiger partial charge is 0.0627 e. The van der Waals surface area contributed by atoms with Gasteiger partial charge in [0.25, 0.3) is 0 Å². The Morgan fingerprint density at radius 1 is 1.19 bits per heavy atom. The molecule has 0 aromatic heterocycles. The summed E-state index contributed by atoms with van der Waals surface area (Å²) in [4.78, 5) is 2.42. The molecule has 0 spiro atoms. The third-order valence-corrected chi connectivity index (χ3v) is 4.71. The molecule has 142 valence electrons. The zero-order valence-corrected chi connectivity index (χ0v) is 17.3. The Morgan fingerprint density at radius 3 is 2.27 bits per heavy atom. The van der Waals surface area contributed by atoms with E-state index < -0.39 is 0 Å². The lowest BCUT2D eigenvalue weighted by molar-refractivity contribution is 0.130. The summed E-state index contributed by atoms with van der Waals surface area (Å²) in [6.07, 6.45) is 10.4. The first-order chi connectivity index (χ1) is 12.3. The van der Waals surface area contributed by atoms with Gasteiger partial charge < -0.3 is 0 Å². The number of likely N-dealkylation sites (tertiary alicyclic amines) is 1. The number of allylic oxidation sites excluding steroid dienone is 6. The summed E-state index contributed by atoms with van der Waals surface area (Å²) in [6.45, 7) is 27.2. The molecule has 0 radical (unpaired) electrons. The van der Waals surface area contributed by atoms with Crippen molar-refractivity contribution in [1.82, 2.24) is 4.90 Å². The Hall–Kier alpha value is -2.11. The van der Waals surface area contributed by atoms with Gasteiger partial charge in [0.1, 0.15) is 0 Å². The molecule has 0 atom stereocenters. The van der Waals surface area contributed by atoms with Crippen LogP contribution in [0.15, 0.2) is 72.9 Å². The van der Waals surface area contributed by atoms with Crippen molar-refractivity contribution in [3.05, 3.63) is 72.9 Å². The standard InChI is InChI=1S/C22H30N2.C2H6/c1-7-8-9-19(3)21(5)20(4)16-18(2)17-24-14-11-22(6,10-13-23)12-15-24;1-2/h7-9,16H,1-3,5,10-12,14-15,17H2,4,6H3;1-2H3/b9-8-,20-16-;. The van der Waals surface area contributed by atoms with Crippen LogP contribution in [0.3, 0.4) is 0 Å². The summed E-state index contributed by atoms with van der Waals surface area (Å²) >= 11 is 0. The minimum atomic E-state index is 0.182. The van der Waals surface area contributed by atoms with Gasteiger partial charge in [-0.15, -0.1) is 0 Å². The van der Waals surface area contributed by atoms with Crippen LogP contribution in [0.1, 0.15) is 47.0 Å². The van der Waals surface area contributed by atoms with Gasteiger partial charge in [0.05, 0.1) is 6.07 Å². The lowest BCUT2D eigenvalue weighted by atomic mass is 9.78. The van der Waals surface area contributed by atoms with Crippen molar-refractivity contribution < 1.29 is 0 Å². The molecular formula is C24H36N2. The molecule has 0 bridgehead atoms. The first-order valence-corrected chi connectivity index (χ1v) is 9.44. The predicted octanol–water partition coefficient (Wildman–Crippen LogP) is 6.39. The molecule has 0 saturated carbocycles. The predicted molar refractivity (Wildman–Crippen MR) is 116 cm³/mol. The van der Waals surface area contributed by atoms with Crippen LogP contribution in [0.4, 0.5) is 0 Å². The summed E-state index contributed by atoms with van der Waals surface area (Å²) in [5.74, 6) is 0. The van der Waals surface area contributed by atoms with Crippen molar-refractivity contribution in [2.24, 2.45) is 5.41 Å². The van der Waals surface area contributed by atoms with E-state index in [1.807, 2.05) is 32.9 Å². The van der Waals surface area contributed by atoms with Crippen molar-refractivity contribution in [3.8, 4) is 6.07 Å². The number of nitriles is 1. The van der Waals surface area contributed by atoms with Crippen molar-refractivity contribution in [2.45, 2.75) is 47.0 Å². The molecule has 1 fully saturated rings. The van der Waals surface area contributed by atoms with Gasteiger partial charge in [0, 0.05) is 13.0 Å². The Bertz CT molecular complexity index is 603. The van der Waals surface area contributed by atoms with Gasteiger partial charge in [-0.2, -0.15) is 5.26 Å². The Morgan fingerprint density at radius 2 is 1.77 bits per heavy atom. The van der Waals surface area contributed by atoms with E-state index >= 15 is 0 Å². The van der Waals surface area contributed by atoms with Crippen molar-refractivity contribution in [2.75, 3.05) is 19.6 Å². The highest BCUT2D eigenvalue weighted by Gasteiger charge is 2.29. The second kappa shape index (κ2) is 12.3. The van der Waals surface area contributed by atoms with E-state index in [9.17, 15) is 0 Å². The van der Waals surface area contributed by atoms with Crippen LogP contribution in [0.5, 0.6) is 0 Å². The molecule has 0 aromatic carbocycles. The molecule has 0 N–H and O–H groups in total. The van der Waals surface area contributed by atoms with Crippen LogP contribution >= 0.6 is 0 Å². The molecular weight excluding hydrogens is 316 g/mol. The molecule has 0 unspecified atom stereocenters. The second-order valence-corrected chi connectivity index (χ2v) is 7.01. The maximum Gasteiger partial charge on any atom is 0.0627 e. The van der Waals surface area contributed by atoms with Crippen LogP contribution in [0.2, 0.25) is 0 Å². The van der Waals surface area contributed by atoms with E-state index in [0.29, 0.717) is 6.42 Å². The van der Waals surface area contributed by atoms with Crippen LogP contribution < -0.4 is 0 Å². The number of nitrogens with zero attached hydrogens (tertiary/aromatic N) is 2. The topological polar surface area (TPSA) is 27.0 Å². The third-order valence-electron chi connectivity index (χ3n) is 4.71. The van der Waals surface area contributed by atoms with Gasteiger partial charge in [0.2, 0.25) is 0 Å². The Balaban J connectivity index is 0.00000301. The monoisotopic (exact) mass is 352 g/mol. The average molecular weight is 353 g/mol. The van der Waals surface area contributed by atoms with Gasteiger partial charge >= 0.3 is 0 Å². The minimum Gasteiger partial charge on any atom is -0.299 e. The largest absolute Gasteiger partial charge is 0.299 e. The summed E-state index contributed by atoms with van der Waals surface area (Å²) in [5, 5.41) is 8.93. The summed E-state index contributed by atoms with van der Waals surface area (Å²) in [6, 6.07) is 2.32. The van der Waals surface area contributed by atoms with Crippen LogP contribution in [0, 0.1) is 16.7 Å². The molecule has 0 aliphatic carbocycles. The number of piperidine rings is 1. The summed E-state index contributed by atoms with van der Waals surface area (Å²) in [5.41, 5.74) is 4.17. The quantitative estimate of drug-likeness (QED) is 0.473. The van der Waals surface area contributed by atoms with Gasteiger partial charge in [-0.25, -0.2) is 0 Å². The van der Waals surface area contributed by atoms with Crippen LogP contribution in [-0.4, -0.2) is 24.5 Å². The fraction of sp³-hybridized carbons (Fsp3) is 0.458. The maximum atomic E-state index is 8.93. The van der Waals surface area contributed by atoms with Crippen LogP contribution in [-0.2, 0) is 0 Å². The van der Waals surface area contributed by atoms with Crippen LogP contribution in [0.25, 0.3) is 0 Å². The molecule has 1 heterocycles. The van der Waals surface area contributed by atoms with Crippen molar-refractivity contribution in [3.63, 3.8) is 0 Å². The first kappa shape index (κ1) is 23.9.